The van der Waals surface area contributed by atoms with Crippen molar-refractivity contribution in [1.29, 1.82) is 0 Å². The number of urea groups is 1. The molecule has 0 saturated carbocycles. The minimum absolute atomic E-state index is 0.0730. The monoisotopic (exact) mass is 216 g/mol. The normalized spacial score (nSPS) is 19.1. The first-order valence-electron chi connectivity index (χ1n) is 5.36. The topological polar surface area (TPSA) is 32.3 Å². The van der Waals surface area contributed by atoms with Gasteiger partial charge in [-0.25, -0.2) is 4.79 Å². The number of hydrogen-bond acceptors (Lipinski definition) is 1. The lowest BCUT2D eigenvalue weighted by atomic mass is 9.98. The third-order valence-electron chi connectivity index (χ3n) is 2.67. The summed E-state index contributed by atoms with van der Waals surface area (Å²) in [5.74, 6) is 0. The highest BCUT2D eigenvalue weighted by atomic mass is 16.2. The molecular formula is C13H16N2O. The quantitative estimate of drug-likeness (QED) is 0.769. The van der Waals surface area contributed by atoms with Gasteiger partial charge in [-0.2, -0.15) is 0 Å². The Hall–Kier alpha value is -1.77. The summed E-state index contributed by atoms with van der Waals surface area (Å²) in [7, 11) is 0. The Bertz CT molecular complexity index is 435. The molecule has 0 spiro atoms. The maximum absolute atomic E-state index is 12.0. The van der Waals surface area contributed by atoms with E-state index in [1.807, 2.05) is 51.1 Å². The molecule has 1 aromatic rings. The number of para-hydroxylation sites is 1. The number of nitrogens with one attached hydrogen (secondary N) is 1. The smallest absolute Gasteiger partial charge is 0.312 e. The second kappa shape index (κ2) is 3.67. The Morgan fingerprint density at radius 1 is 1.19 bits per heavy atom. The van der Waals surface area contributed by atoms with Gasteiger partial charge >= 0.3 is 6.03 Å². The molecule has 16 heavy (non-hydrogen) atoms. The highest BCUT2D eigenvalue weighted by Crippen LogP contribution is 2.28. The van der Waals surface area contributed by atoms with Gasteiger partial charge in [0, 0.05) is 11.4 Å². The maximum atomic E-state index is 12.0. The molecule has 0 radical (unpaired) electrons. The number of anilines is 1. The van der Waals surface area contributed by atoms with Gasteiger partial charge in [-0.05, 0) is 39.0 Å². The molecule has 3 heteroatoms. The molecule has 1 heterocycles. The van der Waals surface area contributed by atoms with Crippen LogP contribution in [0.25, 0.3) is 0 Å². The zero-order valence-electron chi connectivity index (χ0n) is 9.82. The third kappa shape index (κ3) is 1.81. The molecule has 1 aliphatic rings. The molecule has 0 unspecified atom stereocenters. The number of carbonyl (C=O) groups excluding carboxylic acids is 1. The Labute approximate surface area is 95.8 Å². The zero-order valence-corrected chi connectivity index (χ0v) is 9.82. The summed E-state index contributed by atoms with van der Waals surface area (Å²) < 4.78 is 0. The Morgan fingerprint density at radius 3 is 2.38 bits per heavy atom. The van der Waals surface area contributed by atoms with E-state index >= 15 is 0 Å². The average molecular weight is 216 g/mol. The number of carbonyl (C=O) groups is 1. The van der Waals surface area contributed by atoms with Crippen LogP contribution in [0.1, 0.15) is 20.8 Å². The lowest BCUT2D eigenvalue weighted by Crippen LogP contribution is -2.54. The zero-order chi connectivity index (χ0) is 11.8. The van der Waals surface area contributed by atoms with Crippen LogP contribution in [0.15, 0.2) is 42.1 Å². The predicted octanol–water partition coefficient (Wildman–Crippen LogP) is 2.90. The van der Waals surface area contributed by atoms with E-state index in [4.69, 9.17) is 0 Å². The number of allylic oxidation sites excluding steroid dienone is 1. The number of hydrogen-bond donors (Lipinski definition) is 1. The van der Waals surface area contributed by atoms with Crippen molar-refractivity contribution in [2.24, 2.45) is 0 Å². The molecule has 0 bridgehead atoms. The summed E-state index contributed by atoms with van der Waals surface area (Å²) >= 11 is 0. The Morgan fingerprint density at radius 2 is 1.81 bits per heavy atom. The van der Waals surface area contributed by atoms with E-state index in [1.165, 1.54) is 0 Å². The van der Waals surface area contributed by atoms with Crippen molar-refractivity contribution in [3.05, 3.63) is 42.1 Å². The van der Waals surface area contributed by atoms with Gasteiger partial charge in [0.2, 0.25) is 0 Å². The summed E-state index contributed by atoms with van der Waals surface area (Å²) in [5.41, 5.74) is 1.52. The number of rotatable bonds is 1. The number of nitrogens with zero attached hydrogens (tertiary/aromatic N) is 1. The molecule has 0 aliphatic carbocycles. The van der Waals surface area contributed by atoms with Gasteiger partial charge in [-0.1, -0.05) is 18.2 Å². The maximum Gasteiger partial charge on any atom is 0.326 e. The van der Waals surface area contributed by atoms with Gasteiger partial charge in [0.25, 0.3) is 0 Å². The van der Waals surface area contributed by atoms with Crippen molar-refractivity contribution in [1.82, 2.24) is 5.32 Å². The minimum atomic E-state index is -0.298. The van der Waals surface area contributed by atoms with Crippen molar-refractivity contribution >= 4 is 11.7 Å². The second-order valence-corrected chi connectivity index (χ2v) is 4.58. The summed E-state index contributed by atoms with van der Waals surface area (Å²) in [6.45, 7) is 5.96. The van der Waals surface area contributed by atoms with E-state index < -0.39 is 0 Å². The van der Waals surface area contributed by atoms with Crippen LogP contribution in [0.3, 0.4) is 0 Å². The molecule has 3 nitrogen and oxygen atoms in total. The van der Waals surface area contributed by atoms with E-state index in [9.17, 15) is 4.79 Å². The summed E-state index contributed by atoms with van der Waals surface area (Å²) in [4.78, 5) is 13.8. The predicted molar refractivity (Wildman–Crippen MR) is 65.3 cm³/mol. The van der Waals surface area contributed by atoms with E-state index in [2.05, 4.69) is 11.4 Å². The SMILES string of the molecule is CC1=CC(C)(C)N(c2ccccc2)C(=O)N1. The largest absolute Gasteiger partial charge is 0.326 e. The van der Waals surface area contributed by atoms with E-state index in [-0.39, 0.29) is 11.6 Å². The van der Waals surface area contributed by atoms with Crippen LogP contribution in [0, 0.1) is 0 Å². The summed E-state index contributed by atoms with van der Waals surface area (Å²) in [6.07, 6.45) is 2.06. The Balaban J connectivity index is 2.45. The highest BCUT2D eigenvalue weighted by molar-refractivity contribution is 5.96. The molecule has 84 valence electrons. The van der Waals surface area contributed by atoms with Crippen molar-refractivity contribution in [2.75, 3.05) is 4.90 Å². The molecule has 2 amide bonds. The standard InChI is InChI=1S/C13H16N2O/c1-10-9-13(2,3)15(12(16)14-10)11-7-5-4-6-8-11/h4-9H,1-3H3,(H,14,16). The molecule has 1 aromatic carbocycles. The molecular weight excluding hydrogens is 200 g/mol. The summed E-state index contributed by atoms with van der Waals surface area (Å²) in [5, 5.41) is 2.83. The van der Waals surface area contributed by atoms with Gasteiger partial charge in [-0.15, -0.1) is 0 Å². The van der Waals surface area contributed by atoms with Crippen molar-refractivity contribution in [3.63, 3.8) is 0 Å². The van der Waals surface area contributed by atoms with Gasteiger partial charge in [0.1, 0.15) is 0 Å². The highest BCUT2D eigenvalue weighted by Gasteiger charge is 2.34. The van der Waals surface area contributed by atoms with Gasteiger partial charge < -0.3 is 5.32 Å². The van der Waals surface area contributed by atoms with Crippen molar-refractivity contribution in [3.8, 4) is 0 Å². The molecule has 0 fully saturated rings. The number of benzene rings is 1. The molecule has 1 N–H and O–H groups in total. The van der Waals surface area contributed by atoms with Crippen LogP contribution in [0.4, 0.5) is 10.5 Å². The van der Waals surface area contributed by atoms with Gasteiger partial charge in [0.15, 0.2) is 0 Å². The van der Waals surface area contributed by atoms with E-state index in [1.54, 1.807) is 4.90 Å². The van der Waals surface area contributed by atoms with Crippen molar-refractivity contribution < 1.29 is 4.79 Å². The average Bonchev–Trinajstić information content (AvgIpc) is 2.15. The molecule has 0 saturated heterocycles. The van der Waals surface area contributed by atoms with Crippen molar-refractivity contribution in [2.45, 2.75) is 26.3 Å². The first-order valence-corrected chi connectivity index (χ1v) is 5.36. The lowest BCUT2D eigenvalue weighted by molar-refractivity contribution is 0.242. The number of amides is 2. The lowest BCUT2D eigenvalue weighted by Gasteiger charge is -2.40. The summed E-state index contributed by atoms with van der Waals surface area (Å²) in [6, 6.07) is 9.62. The first kappa shape index (κ1) is 10.7. The van der Waals surface area contributed by atoms with Crippen LogP contribution in [0.5, 0.6) is 0 Å². The van der Waals surface area contributed by atoms with Crippen LogP contribution >= 0.6 is 0 Å². The van der Waals surface area contributed by atoms with Crippen LogP contribution in [-0.4, -0.2) is 11.6 Å². The third-order valence-corrected chi connectivity index (χ3v) is 2.67. The fraction of sp³-hybridized carbons (Fsp3) is 0.308. The molecule has 1 aliphatic heterocycles. The first-order chi connectivity index (χ1) is 7.50. The van der Waals surface area contributed by atoms with Crippen LogP contribution < -0.4 is 10.2 Å². The van der Waals surface area contributed by atoms with Gasteiger partial charge in [0.05, 0.1) is 5.54 Å². The minimum Gasteiger partial charge on any atom is -0.312 e. The Kier molecular flexibility index (Phi) is 2.46. The van der Waals surface area contributed by atoms with Crippen LogP contribution in [-0.2, 0) is 0 Å². The van der Waals surface area contributed by atoms with E-state index in [0.29, 0.717) is 0 Å². The van der Waals surface area contributed by atoms with E-state index in [0.717, 1.165) is 11.4 Å². The fourth-order valence-corrected chi connectivity index (χ4v) is 2.14. The van der Waals surface area contributed by atoms with Gasteiger partial charge in [-0.3, -0.25) is 4.90 Å². The molecule has 0 aromatic heterocycles. The molecule has 0 atom stereocenters. The molecule has 2 rings (SSSR count). The van der Waals surface area contributed by atoms with Crippen LogP contribution in [0.2, 0.25) is 0 Å². The second-order valence-electron chi connectivity index (χ2n) is 4.58. The fourth-order valence-electron chi connectivity index (χ4n) is 2.14.